The van der Waals surface area contributed by atoms with Gasteiger partial charge in [0.05, 0.1) is 7.11 Å². The van der Waals surface area contributed by atoms with Crippen molar-refractivity contribution in [1.82, 2.24) is 0 Å². The number of aliphatic hydroxyl groups excluding tert-OH is 1. The molecule has 0 aliphatic carbocycles. The molecule has 0 aromatic rings. The molecule has 2 nitrogen and oxygen atoms in total. The van der Waals surface area contributed by atoms with Gasteiger partial charge >= 0.3 is 0 Å². The van der Waals surface area contributed by atoms with E-state index in [4.69, 9.17) is 5.11 Å². The summed E-state index contributed by atoms with van der Waals surface area (Å²) in [5.74, 6) is 2.18. The van der Waals surface area contributed by atoms with Gasteiger partial charge in [-0.15, -0.1) is 0 Å². The third-order valence-electron chi connectivity index (χ3n) is 3.34. The minimum atomic E-state index is -0.680. The van der Waals surface area contributed by atoms with E-state index in [-0.39, 0.29) is 0 Å². The molecule has 0 saturated heterocycles. The summed E-state index contributed by atoms with van der Waals surface area (Å²) in [5.41, 5.74) is 0. The average molecular weight is 290 g/mol. The largest absolute Gasteiger partial charge is 0.368 e. The first-order valence-electron chi connectivity index (χ1n) is 7.98. The highest BCUT2D eigenvalue weighted by Gasteiger charge is 2.00. The Balaban J connectivity index is 2.95. The Kier molecular flexibility index (Phi) is 16.6. The van der Waals surface area contributed by atoms with Crippen molar-refractivity contribution >= 4 is 11.8 Å². The van der Waals surface area contributed by atoms with Crippen molar-refractivity contribution in [3.05, 3.63) is 7.11 Å². The van der Waals surface area contributed by atoms with Gasteiger partial charge in [-0.25, -0.2) is 0 Å². The molecule has 3 heteroatoms. The van der Waals surface area contributed by atoms with Crippen molar-refractivity contribution in [2.45, 2.75) is 83.8 Å². The Morgan fingerprint density at radius 2 is 1.42 bits per heavy atom. The third kappa shape index (κ3) is 16.2. The highest BCUT2D eigenvalue weighted by molar-refractivity contribution is 7.99. The van der Waals surface area contributed by atoms with E-state index in [0.717, 1.165) is 5.75 Å². The lowest BCUT2D eigenvalue weighted by Gasteiger charge is -2.07. The highest BCUT2D eigenvalue weighted by atomic mass is 32.2. The monoisotopic (exact) mass is 289 g/mol. The molecule has 0 aliphatic rings. The first kappa shape index (κ1) is 19.3. The Labute approximate surface area is 124 Å². The fourth-order valence-corrected chi connectivity index (χ4v) is 3.04. The van der Waals surface area contributed by atoms with Crippen LogP contribution in [0.2, 0.25) is 0 Å². The smallest absolute Gasteiger partial charge is 0.155 e. The van der Waals surface area contributed by atoms with Gasteiger partial charge in [0.15, 0.2) is 6.29 Å². The number of hydrogen-bond acceptors (Lipinski definition) is 3. The third-order valence-corrected chi connectivity index (χ3v) is 4.45. The molecule has 19 heavy (non-hydrogen) atoms. The SMILES string of the molecule is [CH2]OC(O)CCSCCCCCCCCCCCC. The fourth-order valence-electron chi connectivity index (χ4n) is 2.06. The number of ether oxygens (including phenoxy) is 1. The second-order valence-electron chi connectivity index (χ2n) is 5.20. The molecule has 0 aromatic carbocycles. The lowest BCUT2D eigenvalue weighted by Crippen LogP contribution is -2.08. The van der Waals surface area contributed by atoms with Gasteiger partial charge < -0.3 is 9.84 Å². The summed E-state index contributed by atoms with van der Waals surface area (Å²) < 4.78 is 4.55. The molecule has 1 atom stereocenters. The number of hydrogen-bond donors (Lipinski definition) is 1. The molecule has 0 bridgehead atoms. The molecule has 0 amide bonds. The van der Waals surface area contributed by atoms with Crippen LogP contribution in [0.1, 0.15) is 77.6 Å². The molecule has 0 saturated carbocycles. The Morgan fingerprint density at radius 1 is 0.895 bits per heavy atom. The summed E-state index contributed by atoms with van der Waals surface area (Å²) in [6, 6.07) is 0. The van der Waals surface area contributed by atoms with Crippen LogP contribution >= 0.6 is 11.8 Å². The van der Waals surface area contributed by atoms with Gasteiger partial charge in [-0.05, 0) is 17.9 Å². The molecule has 115 valence electrons. The van der Waals surface area contributed by atoms with Crippen LogP contribution < -0.4 is 0 Å². The predicted molar refractivity (Wildman–Crippen MR) is 86.2 cm³/mol. The highest BCUT2D eigenvalue weighted by Crippen LogP contribution is 2.13. The van der Waals surface area contributed by atoms with Gasteiger partial charge in [0, 0.05) is 6.42 Å². The van der Waals surface area contributed by atoms with E-state index in [1.165, 1.54) is 70.0 Å². The summed E-state index contributed by atoms with van der Waals surface area (Å²) in [5, 5.41) is 9.14. The van der Waals surface area contributed by atoms with Crippen LogP contribution in [0.15, 0.2) is 0 Å². The summed E-state index contributed by atoms with van der Waals surface area (Å²) in [4.78, 5) is 0. The number of unbranched alkanes of at least 4 members (excludes halogenated alkanes) is 9. The maximum absolute atomic E-state index is 9.14. The molecule has 0 aliphatic heterocycles. The van der Waals surface area contributed by atoms with Crippen molar-refractivity contribution in [2.24, 2.45) is 0 Å². The van der Waals surface area contributed by atoms with Crippen LogP contribution in [-0.4, -0.2) is 22.9 Å². The van der Waals surface area contributed by atoms with Crippen LogP contribution in [0, 0.1) is 7.11 Å². The molecule has 0 spiro atoms. The van der Waals surface area contributed by atoms with Crippen LogP contribution in [0.5, 0.6) is 0 Å². The summed E-state index contributed by atoms with van der Waals surface area (Å²) in [7, 11) is 3.21. The second-order valence-corrected chi connectivity index (χ2v) is 6.43. The second kappa shape index (κ2) is 16.3. The number of rotatable bonds is 15. The lowest BCUT2D eigenvalue weighted by atomic mass is 10.1. The first-order chi connectivity index (χ1) is 9.31. The van der Waals surface area contributed by atoms with E-state index in [0.29, 0.717) is 6.42 Å². The molecule has 0 fully saturated rings. The summed E-state index contributed by atoms with van der Waals surface area (Å²) >= 11 is 1.91. The van der Waals surface area contributed by atoms with Crippen molar-refractivity contribution in [3.63, 3.8) is 0 Å². The van der Waals surface area contributed by atoms with Crippen LogP contribution in [0.4, 0.5) is 0 Å². The first-order valence-corrected chi connectivity index (χ1v) is 9.13. The molecule has 1 unspecified atom stereocenters. The van der Waals surface area contributed by atoms with E-state index in [1.54, 1.807) is 0 Å². The molecule has 1 radical (unpaired) electrons. The van der Waals surface area contributed by atoms with Gasteiger partial charge in [0.1, 0.15) is 0 Å². The summed E-state index contributed by atoms with van der Waals surface area (Å²) in [6.07, 6.45) is 13.9. The minimum absolute atomic E-state index is 0.680. The number of aliphatic hydroxyl groups is 1. The Bertz CT molecular complexity index is 165. The quantitative estimate of drug-likeness (QED) is 0.334. The van der Waals surface area contributed by atoms with E-state index in [9.17, 15) is 0 Å². The Hall–Kier alpha value is 0.270. The van der Waals surface area contributed by atoms with Gasteiger partial charge in [-0.2, -0.15) is 11.8 Å². The van der Waals surface area contributed by atoms with Crippen molar-refractivity contribution < 1.29 is 9.84 Å². The lowest BCUT2D eigenvalue weighted by molar-refractivity contribution is -0.0552. The molecular weight excluding hydrogens is 256 g/mol. The van der Waals surface area contributed by atoms with E-state index in [1.807, 2.05) is 11.8 Å². The molecular formula is C16H33O2S. The van der Waals surface area contributed by atoms with Gasteiger partial charge in [-0.1, -0.05) is 64.7 Å². The minimum Gasteiger partial charge on any atom is -0.368 e. The van der Waals surface area contributed by atoms with Crippen molar-refractivity contribution in [1.29, 1.82) is 0 Å². The van der Waals surface area contributed by atoms with Crippen molar-refractivity contribution in [2.75, 3.05) is 11.5 Å². The van der Waals surface area contributed by atoms with Crippen LogP contribution in [-0.2, 0) is 4.74 Å². The maximum atomic E-state index is 9.14. The zero-order valence-electron chi connectivity index (χ0n) is 12.7. The number of thioether (sulfide) groups is 1. The zero-order chi connectivity index (χ0) is 14.2. The normalized spacial score (nSPS) is 12.8. The molecule has 0 aromatic heterocycles. The zero-order valence-corrected chi connectivity index (χ0v) is 13.6. The van der Waals surface area contributed by atoms with Crippen LogP contribution in [0.3, 0.4) is 0 Å². The van der Waals surface area contributed by atoms with Gasteiger partial charge in [0.2, 0.25) is 0 Å². The molecule has 1 N–H and O–H groups in total. The standard InChI is InChI=1S/C16H33O2S/c1-3-4-5-6-7-8-9-10-11-12-14-19-15-13-16(17)18-2/h16-17H,2-15H2,1H3. The van der Waals surface area contributed by atoms with E-state index < -0.39 is 6.29 Å². The molecule has 0 rings (SSSR count). The summed E-state index contributed by atoms with van der Waals surface area (Å²) in [6.45, 7) is 2.27. The molecule has 0 heterocycles. The van der Waals surface area contributed by atoms with Gasteiger partial charge in [-0.3, -0.25) is 0 Å². The predicted octanol–water partition coefficient (Wildman–Crippen LogP) is 5.16. The van der Waals surface area contributed by atoms with Crippen LogP contribution in [0.25, 0.3) is 0 Å². The van der Waals surface area contributed by atoms with E-state index >= 15 is 0 Å². The maximum Gasteiger partial charge on any atom is 0.155 e. The fraction of sp³-hybridized carbons (Fsp3) is 0.938. The van der Waals surface area contributed by atoms with E-state index in [2.05, 4.69) is 18.8 Å². The van der Waals surface area contributed by atoms with Gasteiger partial charge in [0.25, 0.3) is 0 Å². The average Bonchev–Trinajstić information content (AvgIpc) is 2.43. The van der Waals surface area contributed by atoms with Crippen molar-refractivity contribution in [3.8, 4) is 0 Å². The topological polar surface area (TPSA) is 29.5 Å². The Morgan fingerprint density at radius 3 is 1.95 bits per heavy atom.